The van der Waals surface area contributed by atoms with Crippen molar-refractivity contribution in [1.82, 2.24) is 0 Å². The maximum absolute atomic E-state index is 13.0. The molecule has 1 unspecified atom stereocenters. The Morgan fingerprint density at radius 2 is 1.68 bits per heavy atom. The van der Waals surface area contributed by atoms with Gasteiger partial charge in [0, 0.05) is 11.4 Å². The molecule has 0 saturated carbocycles. The molecule has 152 valence electrons. The first-order valence-electron chi connectivity index (χ1n) is 9.35. The molecule has 0 aliphatic rings. The predicted octanol–water partition coefficient (Wildman–Crippen LogP) is 5.56. The Kier molecular flexibility index (Phi) is 8.59. The minimum absolute atomic E-state index is 0.0901. The van der Waals surface area contributed by atoms with Crippen LogP contribution in [0.3, 0.4) is 0 Å². The summed E-state index contributed by atoms with van der Waals surface area (Å²) in [4.78, 5) is 13.0. The molecule has 2 rings (SSSR count). The molecule has 0 aromatic heterocycles. The number of hydrogen-bond acceptors (Lipinski definition) is 4. The number of rotatable bonds is 10. The summed E-state index contributed by atoms with van der Waals surface area (Å²) in [6.07, 6.45) is 0. The molecule has 2 aromatic rings. The van der Waals surface area contributed by atoms with E-state index in [9.17, 15) is 4.79 Å². The molecule has 0 amide bonds. The van der Waals surface area contributed by atoms with Crippen LogP contribution in [0.5, 0.6) is 17.2 Å². The van der Waals surface area contributed by atoms with Gasteiger partial charge in [-0.15, -0.1) is 0 Å². The Balaban J connectivity index is 2.29. The Morgan fingerprint density at radius 3 is 2.32 bits per heavy atom. The van der Waals surface area contributed by atoms with Crippen molar-refractivity contribution in [2.75, 3.05) is 20.3 Å². The zero-order valence-corrected chi connectivity index (χ0v) is 18.8. The zero-order valence-electron chi connectivity index (χ0n) is 17.0. The van der Waals surface area contributed by atoms with Gasteiger partial charge < -0.3 is 14.2 Å². The summed E-state index contributed by atoms with van der Waals surface area (Å²) in [6, 6.07) is 10.8. The molecule has 0 fully saturated rings. The molecule has 2 aromatic carbocycles. The van der Waals surface area contributed by atoms with Crippen molar-refractivity contribution in [1.29, 1.82) is 0 Å². The molecular weight excluding hydrogens is 395 g/mol. The lowest BCUT2D eigenvalue weighted by Crippen LogP contribution is -2.13. The zero-order chi connectivity index (χ0) is 20.7. The van der Waals surface area contributed by atoms with E-state index >= 15 is 0 Å². The first-order valence-corrected chi connectivity index (χ1v) is 10.7. The fraction of sp³-hybridized carbons (Fsp3) is 0.409. The lowest BCUT2D eigenvalue weighted by molar-refractivity contribution is 0.108. The van der Waals surface area contributed by atoms with Crippen LogP contribution in [0.4, 0.5) is 0 Å². The van der Waals surface area contributed by atoms with Gasteiger partial charge in [-0.3, -0.25) is 4.79 Å². The number of carbonyl (C=O) groups is 1. The van der Waals surface area contributed by atoms with Crippen molar-refractivity contribution >= 4 is 31.0 Å². The van der Waals surface area contributed by atoms with E-state index < -0.39 is 0 Å². The van der Waals surface area contributed by atoms with E-state index in [0.717, 1.165) is 11.1 Å². The number of halogens is 1. The number of benzene rings is 2. The van der Waals surface area contributed by atoms with Crippen LogP contribution in [-0.4, -0.2) is 25.8 Å². The maximum Gasteiger partial charge on any atom is 0.190 e. The second-order valence-electron chi connectivity index (χ2n) is 7.34. The second kappa shape index (κ2) is 10.7. The van der Waals surface area contributed by atoms with Crippen LogP contribution >= 0.6 is 20.2 Å². The van der Waals surface area contributed by atoms with Crippen LogP contribution in [0.25, 0.3) is 0 Å². The standard InChI is InChI=1S/C22H28ClO4P/c1-14(2)12-26-16-9-10-20(19(11-16)27-13-15(3)4)28-22(24)21-17(23)7-6-8-18(21)25-5/h6-11,14-15,28H,12-13H2,1-5H3. The Morgan fingerprint density at radius 1 is 1.00 bits per heavy atom. The summed E-state index contributed by atoms with van der Waals surface area (Å²) in [5.41, 5.74) is 0.313. The quantitative estimate of drug-likeness (QED) is 0.470. The first-order chi connectivity index (χ1) is 13.3. The number of hydrogen-bond donors (Lipinski definition) is 0. The summed E-state index contributed by atoms with van der Waals surface area (Å²) in [5.74, 6) is 2.69. The van der Waals surface area contributed by atoms with Gasteiger partial charge in [0.2, 0.25) is 0 Å². The average Bonchev–Trinajstić information content (AvgIpc) is 2.65. The van der Waals surface area contributed by atoms with Gasteiger partial charge in [0.15, 0.2) is 5.52 Å². The summed E-state index contributed by atoms with van der Waals surface area (Å²) >= 11 is 6.26. The van der Waals surface area contributed by atoms with Crippen LogP contribution in [0.2, 0.25) is 5.02 Å². The van der Waals surface area contributed by atoms with E-state index in [0.29, 0.717) is 47.1 Å². The van der Waals surface area contributed by atoms with Gasteiger partial charge in [0.05, 0.1) is 30.9 Å². The Bertz CT molecular complexity index is 805. The van der Waals surface area contributed by atoms with Gasteiger partial charge >= 0.3 is 0 Å². The van der Waals surface area contributed by atoms with Crippen LogP contribution in [0.15, 0.2) is 36.4 Å². The van der Waals surface area contributed by atoms with Gasteiger partial charge in [-0.05, 0) is 44.7 Å². The molecule has 6 heteroatoms. The van der Waals surface area contributed by atoms with Crippen LogP contribution in [-0.2, 0) is 0 Å². The van der Waals surface area contributed by atoms with Crippen molar-refractivity contribution in [3.63, 3.8) is 0 Å². The fourth-order valence-corrected chi connectivity index (χ4v) is 3.81. The van der Waals surface area contributed by atoms with Crippen molar-refractivity contribution in [3.05, 3.63) is 47.0 Å². The van der Waals surface area contributed by atoms with Crippen LogP contribution in [0, 0.1) is 11.8 Å². The van der Waals surface area contributed by atoms with Crippen LogP contribution < -0.4 is 19.5 Å². The Labute approximate surface area is 174 Å². The van der Waals surface area contributed by atoms with Crippen molar-refractivity contribution < 1.29 is 19.0 Å². The molecule has 0 radical (unpaired) electrons. The second-order valence-corrected chi connectivity index (χ2v) is 8.99. The summed E-state index contributed by atoms with van der Waals surface area (Å²) in [5, 5.41) is 1.21. The molecule has 0 aliphatic carbocycles. The molecule has 1 atom stereocenters. The molecule has 4 nitrogen and oxygen atoms in total. The van der Waals surface area contributed by atoms with E-state index in [1.165, 1.54) is 7.11 Å². The van der Waals surface area contributed by atoms with Gasteiger partial charge in [0.1, 0.15) is 17.2 Å². The number of methoxy groups -OCH3 is 1. The molecule has 0 saturated heterocycles. The smallest absolute Gasteiger partial charge is 0.190 e. The molecular formula is C22H28ClO4P. The highest BCUT2D eigenvalue weighted by Crippen LogP contribution is 2.34. The summed E-state index contributed by atoms with van der Waals surface area (Å²) in [7, 11) is 1.39. The molecule has 0 bridgehead atoms. The van der Waals surface area contributed by atoms with Crippen molar-refractivity contribution in [3.8, 4) is 17.2 Å². The van der Waals surface area contributed by atoms with E-state index in [2.05, 4.69) is 27.7 Å². The van der Waals surface area contributed by atoms with Crippen LogP contribution in [0.1, 0.15) is 38.1 Å². The highest BCUT2D eigenvalue weighted by Gasteiger charge is 2.19. The summed E-state index contributed by atoms with van der Waals surface area (Å²) in [6.45, 7) is 9.56. The molecule has 0 heterocycles. The van der Waals surface area contributed by atoms with Gasteiger partial charge in [0.25, 0.3) is 0 Å². The third-order valence-corrected chi connectivity index (χ3v) is 5.25. The minimum atomic E-state index is -0.136. The fourth-order valence-electron chi connectivity index (χ4n) is 2.41. The third kappa shape index (κ3) is 6.39. The number of ether oxygens (including phenoxy) is 3. The van der Waals surface area contributed by atoms with E-state index in [4.69, 9.17) is 25.8 Å². The van der Waals surface area contributed by atoms with Crippen molar-refractivity contribution in [2.24, 2.45) is 11.8 Å². The third-order valence-electron chi connectivity index (χ3n) is 3.78. The molecule has 0 spiro atoms. The topological polar surface area (TPSA) is 44.8 Å². The van der Waals surface area contributed by atoms with E-state index in [1.54, 1.807) is 18.2 Å². The first kappa shape index (κ1) is 22.5. The SMILES string of the molecule is COc1cccc(Cl)c1C(=O)Pc1ccc(OCC(C)C)cc1OCC(C)C. The van der Waals surface area contributed by atoms with E-state index in [-0.39, 0.29) is 14.1 Å². The highest BCUT2D eigenvalue weighted by molar-refractivity contribution is 7.66. The average molecular weight is 423 g/mol. The Hall–Kier alpha value is -1.77. The van der Waals surface area contributed by atoms with E-state index in [1.807, 2.05) is 18.2 Å². The van der Waals surface area contributed by atoms with Gasteiger partial charge in [-0.25, -0.2) is 0 Å². The molecule has 0 N–H and O–H groups in total. The number of carbonyl (C=O) groups excluding carboxylic acids is 1. The normalized spacial score (nSPS) is 11.4. The molecule has 28 heavy (non-hydrogen) atoms. The molecule has 0 aliphatic heterocycles. The van der Waals surface area contributed by atoms with Crippen molar-refractivity contribution in [2.45, 2.75) is 27.7 Å². The highest BCUT2D eigenvalue weighted by atomic mass is 35.5. The lowest BCUT2D eigenvalue weighted by Gasteiger charge is -2.16. The summed E-state index contributed by atoms with van der Waals surface area (Å²) < 4.78 is 17.1. The minimum Gasteiger partial charge on any atom is -0.496 e. The maximum atomic E-state index is 13.0. The largest absolute Gasteiger partial charge is 0.496 e. The lowest BCUT2D eigenvalue weighted by atomic mass is 10.2. The predicted molar refractivity (Wildman–Crippen MR) is 117 cm³/mol. The van der Waals surface area contributed by atoms with Gasteiger partial charge in [-0.1, -0.05) is 45.4 Å². The van der Waals surface area contributed by atoms with Gasteiger partial charge in [-0.2, -0.15) is 0 Å². The monoisotopic (exact) mass is 422 g/mol.